The van der Waals surface area contributed by atoms with E-state index in [2.05, 4.69) is 15.0 Å². The van der Waals surface area contributed by atoms with Crippen LogP contribution in [0.15, 0.2) is 30.9 Å². The van der Waals surface area contributed by atoms with Crippen molar-refractivity contribution in [2.75, 3.05) is 31.9 Å². The highest BCUT2D eigenvalue weighted by atomic mass is 16.2. The van der Waals surface area contributed by atoms with Crippen LogP contribution in [0.2, 0.25) is 0 Å². The van der Waals surface area contributed by atoms with Crippen LogP contribution >= 0.6 is 0 Å². The van der Waals surface area contributed by atoms with Crippen molar-refractivity contribution in [1.82, 2.24) is 24.8 Å². The Morgan fingerprint density at radius 3 is 2.89 bits per heavy atom. The van der Waals surface area contributed by atoms with Gasteiger partial charge in [-0.25, -0.2) is 9.97 Å². The molecule has 0 bridgehead atoms. The Balaban J connectivity index is 1.43. The van der Waals surface area contributed by atoms with Crippen LogP contribution in [0.4, 0.5) is 5.82 Å². The molecule has 0 radical (unpaired) electrons. The first kappa shape index (κ1) is 18.5. The van der Waals surface area contributed by atoms with E-state index in [0.717, 1.165) is 37.9 Å². The van der Waals surface area contributed by atoms with Crippen LogP contribution in [0.5, 0.6) is 0 Å². The van der Waals surface area contributed by atoms with Crippen LogP contribution in [0, 0.1) is 5.41 Å². The summed E-state index contributed by atoms with van der Waals surface area (Å²) in [4.78, 5) is 40.4. The van der Waals surface area contributed by atoms with Gasteiger partial charge in [0.1, 0.15) is 5.82 Å². The minimum absolute atomic E-state index is 0.00696. The van der Waals surface area contributed by atoms with Crippen molar-refractivity contribution in [2.45, 2.75) is 32.1 Å². The second-order valence-corrected chi connectivity index (χ2v) is 7.94. The number of aromatic nitrogens is 3. The van der Waals surface area contributed by atoms with Crippen LogP contribution in [-0.2, 0) is 11.2 Å². The maximum absolute atomic E-state index is 12.9. The summed E-state index contributed by atoms with van der Waals surface area (Å²) in [6.07, 6.45) is 9.16. The molecule has 4 rings (SSSR count). The van der Waals surface area contributed by atoms with E-state index in [1.165, 1.54) is 0 Å². The fraction of sp³-hybridized carbons (Fsp3) is 0.500. The van der Waals surface area contributed by atoms with Gasteiger partial charge in [-0.1, -0.05) is 0 Å². The summed E-state index contributed by atoms with van der Waals surface area (Å²) >= 11 is 0. The molecule has 0 saturated carbocycles. The number of nitrogens with one attached hydrogen (secondary N) is 1. The molecule has 2 fully saturated rings. The summed E-state index contributed by atoms with van der Waals surface area (Å²) in [6, 6.07) is 3.39. The van der Waals surface area contributed by atoms with Crippen molar-refractivity contribution in [3.8, 4) is 0 Å². The summed E-state index contributed by atoms with van der Waals surface area (Å²) in [7, 11) is 0. The zero-order valence-electron chi connectivity index (χ0n) is 15.9. The Labute approximate surface area is 164 Å². The average molecular weight is 382 g/mol. The lowest BCUT2D eigenvalue weighted by atomic mass is 9.73. The van der Waals surface area contributed by atoms with E-state index >= 15 is 0 Å². The maximum atomic E-state index is 12.9. The summed E-state index contributed by atoms with van der Waals surface area (Å²) in [5, 5.41) is 0. The van der Waals surface area contributed by atoms with Gasteiger partial charge in [0.05, 0.1) is 11.9 Å². The molecule has 2 aromatic rings. The molecule has 3 N–H and O–H groups in total. The third-order valence-corrected chi connectivity index (χ3v) is 5.94. The van der Waals surface area contributed by atoms with Gasteiger partial charge < -0.3 is 20.5 Å². The summed E-state index contributed by atoms with van der Waals surface area (Å²) in [5.74, 6) is 0.606. The number of pyridine rings is 1. The zero-order valence-corrected chi connectivity index (χ0v) is 15.9. The first-order valence-corrected chi connectivity index (χ1v) is 9.81. The molecule has 0 aromatic carbocycles. The molecular formula is C20H26N6O2. The number of anilines is 1. The number of hydrogen-bond donors (Lipinski definition) is 2. The Morgan fingerprint density at radius 1 is 1.25 bits per heavy atom. The van der Waals surface area contributed by atoms with Gasteiger partial charge in [-0.3, -0.25) is 9.59 Å². The second kappa shape index (κ2) is 7.61. The molecule has 4 heterocycles. The van der Waals surface area contributed by atoms with E-state index in [1.54, 1.807) is 30.9 Å². The third-order valence-electron chi connectivity index (χ3n) is 5.94. The molecule has 2 aliphatic heterocycles. The van der Waals surface area contributed by atoms with Crippen molar-refractivity contribution >= 4 is 17.6 Å². The van der Waals surface area contributed by atoms with E-state index in [0.29, 0.717) is 37.4 Å². The summed E-state index contributed by atoms with van der Waals surface area (Å²) < 4.78 is 0. The lowest BCUT2D eigenvalue weighted by Crippen LogP contribution is -2.55. The molecule has 2 aliphatic rings. The molecule has 1 atom stereocenters. The fourth-order valence-electron chi connectivity index (χ4n) is 4.41. The van der Waals surface area contributed by atoms with Gasteiger partial charge in [-0.05, 0) is 31.4 Å². The molecule has 2 saturated heterocycles. The molecule has 8 heteroatoms. The predicted molar refractivity (Wildman–Crippen MR) is 104 cm³/mol. The van der Waals surface area contributed by atoms with Gasteiger partial charge in [0.25, 0.3) is 5.91 Å². The van der Waals surface area contributed by atoms with Crippen LogP contribution in [0.3, 0.4) is 0 Å². The molecule has 8 nitrogen and oxygen atoms in total. The van der Waals surface area contributed by atoms with Crippen LogP contribution in [-0.4, -0.2) is 62.7 Å². The van der Waals surface area contributed by atoms with Gasteiger partial charge in [0, 0.05) is 62.5 Å². The van der Waals surface area contributed by atoms with Crippen molar-refractivity contribution < 1.29 is 9.59 Å². The molecule has 148 valence electrons. The number of aromatic amines is 1. The molecule has 0 aliphatic carbocycles. The van der Waals surface area contributed by atoms with Crippen molar-refractivity contribution in [3.05, 3.63) is 42.1 Å². The number of carbonyl (C=O) groups excluding carboxylic acids is 2. The highest BCUT2D eigenvalue weighted by Gasteiger charge is 2.42. The van der Waals surface area contributed by atoms with E-state index < -0.39 is 0 Å². The number of piperidine rings is 2. The average Bonchev–Trinajstić information content (AvgIpc) is 3.23. The number of rotatable bonds is 4. The lowest BCUT2D eigenvalue weighted by molar-refractivity contribution is -0.138. The minimum Gasteiger partial charge on any atom is -0.384 e. The number of imidazole rings is 1. The zero-order chi connectivity index (χ0) is 19.6. The number of amides is 2. The van der Waals surface area contributed by atoms with E-state index in [-0.39, 0.29) is 17.2 Å². The number of nitrogens with two attached hydrogens (primary N) is 1. The van der Waals surface area contributed by atoms with Crippen molar-refractivity contribution in [2.24, 2.45) is 5.41 Å². The van der Waals surface area contributed by atoms with Gasteiger partial charge in [-0.15, -0.1) is 0 Å². The highest BCUT2D eigenvalue weighted by Crippen LogP contribution is 2.39. The van der Waals surface area contributed by atoms with Gasteiger partial charge in [0.2, 0.25) is 5.91 Å². The van der Waals surface area contributed by atoms with Crippen LogP contribution in [0.1, 0.15) is 41.7 Å². The van der Waals surface area contributed by atoms with Crippen molar-refractivity contribution in [1.29, 1.82) is 0 Å². The molecule has 1 spiro atoms. The standard InChI is InChI=1S/C20H26N6O2/c21-17-3-2-15(10-23-17)19(28)26-8-1-6-20(13-26)7-4-18(27)25(12-20)9-5-16-11-22-14-24-16/h2-3,10-11,14H,1,4-9,12-13H2,(H2,21,23)(H,22,24)/t20-/m0/s1. The fourth-order valence-corrected chi connectivity index (χ4v) is 4.41. The largest absolute Gasteiger partial charge is 0.384 e. The number of likely N-dealkylation sites (tertiary alicyclic amines) is 2. The number of H-pyrrole nitrogens is 1. The van der Waals surface area contributed by atoms with Crippen molar-refractivity contribution in [3.63, 3.8) is 0 Å². The molecule has 0 unspecified atom stereocenters. The third kappa shape index (κ3) is 3.85. The lowest BCUT2D eigenvalue weighted by Gasteiger charge is -2.48. The molecule has 2 aromatic heterocycles. The maximum Gasteiger partial charge on any atom is 0.255 e. The smallest absolute Gasteiger partial charge is 0.255 e. The number of nitrogens with zero attached hydrogens (tertiary/aromatic N) is 4. The first-order chi connectivity index (χ1) is 13.5. The summed E-state index contributed by atoms with van der Waals surface area (Å²) in [5.41, 5.74) is 7.21. The molecular weight excluding hydrogens is 356 g/mol. The first-order valence-electron chi connectivity index (χ1n) is 9.81. The van der Waals surface area contributed by atoms with E-state index in [1.807, 2.05) is 9.80 Å². The number of nitrogen functional groups attached to an aromatic ring is 1. The normalized spacial score (nSPS) is 22.6. The topological polar surface area (TPSA) is 108 Å². The Bertz CT molecular complexity index is 835. The van der Waals surface area contributed by atoms with E-state index in [4.69, 9.17) is 5.73 Å². The monoisotopic (exact) mass is 382 g/mol. The minimum atomic E-state index is -0.0168. The predicted octanol–water partition coefficient (Wildman–Crippen LogP) is 1.47. The Kier molecular flexibility index (Phi) is 5.02. The highest BCUT2D eigenvalue weighted by molar-refractivity contribution is 5.94. The van der Waals surface area contributed by atoms with Crippen LogP contribution in [0.25, 0.3) is 0 Å². The SMILES string of the molecule is Nc1ccc(C(=O)N2CCC[C@@]3(CCC(=O)N(CCc4cnc[nH]4)C3)C2)cn1. The van der Waals surface area contributed by atoms with Crippen LogP contribution < -0.4 is 5.73 Å². The van der Waals surface area contributed by atoms with Gasteiger partial charge >= 0.3 is 0 Å². The second-order valence-electron chi connectivity index (χ2n) is 7.94. The van der Waals surface area contributed by atoms with E-state index in [9.17, 15) is 9.59 Å². The Hall–Kier alpha value is -2.90. The molecule has 28 heavy (non-hydrogen) atoms. The number of hydrogen-bond acceptors (Lipinski definition) is 5. The Morgan fingerprint density at radius 2 is 2.14 bits per heavy atom. The van der Waals surface area contributed by atoms with Gasteiger partial charge in [0.15, 0.2) is 0 Å². The summed E-state index contributed by atoms with van der Waals surface area (Å²) in [6.45, 7) is 2.82. The quantitative estimate of drug-likeness (QED) is 0.832. The molecule has 2 amide bonds. The number of carbonyl (C=O) groups is 2. The van der Waals surface area contributed by atoms with Gasteiger partial charge in [-0.2, -0.15) is 0 Å².